The van der Waals surface area contributed by atoms with Crippen LogP contribution in [0.1, 0.15) is 29.6 Å². The third-order valence-corrected chi connectivity index (χ3v) is 3.25. The number of nitrogens with zero attached hydrogens (tertiary/aromatic N) is 1. The van der Waals surface area contributed by atoms with Crippen LogP contribution in [0.4, 0.5) is 5.69 Å². The van der Waals surface area contributed by atoms with E-state index < -0.39 is 5.97 Å². The van der Waals surface area contributed by atoms with E-state index in [9.17, 15) is 9.59 Å². The second-order valence-corrected chi connectivity index (χ2v) is 4.67. The highest BCUT2D eigenvalue weighted by atomic mass is 16.4. The van der Waals surface area contributed by atoms with Gasteiger partial charge in [-0.05, 0) is 43.5 Å². The lowest BCUT2D eigenvalue weighted by Crippen LogP contribution is -2.30. The van der Waals surface area contributed by atoms with Gasteiger partial charge in [0.1, 0.15) is 6.54 Å². The molecule has 2 rings (SSSR count). The highest BCUT2D eigenvalue weighted by molar-refractivity contribution is 5.96. The predicted octanol–water partition coefficient (Wildman–Crippen LogP) is 1.49. The van der Waals surface area contributed by atoms with Gasteiger partial charge in [-0.25, -0.2) is 0 Å². The molecule has 0 aromatic heterocycles. The second-order valence-electron chi connectivity index (χ2n) is 4.67. The Morgan fingerprint density at radius 3 is 2.32 bits per heavy atom. The number of aliphatic carboxylic acids is 1. The number of carboxylic acids is 1. The summed E-state index contributed by atoms with van der Waals surface area (Å²) in [4.78, 5) is 24.3. The van der Waals surface area contributed by atoms with Gasteiger partial charge in [0.15, 0.2) is 0 Å². The van der Waals surface area contributed by atoms with Crippen LogP contribution < -0.4 is 10.2 Å². The Morgan fingerprint density at radius 1 is 1.11 bits per heavy atom. The van der Waals surface area contributed by atoms with Crippen LogP contribution >= 0.6 is 0 Å². The third kappa shape index (κ3) is 3.71. The largest absolute Gasteiger partial charge is 0.480 e. The molecule has 0 spiro atoms. The lowest BCUT2D eigenvalue weighted by Gasteiger charge is -2.28. The van der Waals surface area contributed by atoms with Crippen LogP contribution in [0.2, 0.25) is 0 Å². The number of amides is 1. The second kappa shape index (κ2) is 6.22. The molecule has 0 bridgehead atoms. The van der Waals surface area contributed by atoms with Crippen molar-refractivity contribution < 1.29 is 14.7 Å². The SMILES string of the molecule is O=C(O)CNC(=O)c1ccc(N2CCCCC2)cc1. The first-order valence-electron chi connectivity index (χ1n) is 6.52. The van der Waals surface area contributed by atoms with Crippen LogP contribution in [0, 0.1) is 0 Å². The van der Waals surface area contributed by atoms with Crippen molar-refractivity contribution in [3.05, 3.63) is 29.8 Å². The average molecular weight is 262 g/mol. The Labute approximate surface area is 112 Å². The van der Waals surface area contributed by atoms with Crippen molar-refractivity contribution in [2.75, 3.05) is 24.5 Å². The van der Waals surface area contributed by atoms with E-state index in [1.54, 1.807) is 12.1 Å². The van der Waals surface area contributed by atoms with Crippen molar-refractivity contribution in [1.29, 1.82) is 0 Å². The molecule has 0 unspecified atom stereocenters. The summed E-state index contributed by atoms with van der Waals surface area (Å²) >= 11 is 0. The lowest BCUT2D eigenvalue weighted by molar-refractivity contribution is -0.135. The Morgan fingerprint density at radius 2 is 1.74 bits per heavy atom. The number of hydrogen-bond donors (Lipinski definition) is 2. The van der Waals surface area contributed by atoms with Crippen LogP contribution in [-0.4, -0.2) is 36.6 Å². The molecule has 102 valence electrons. The smallest absolute Gasteiger partial charge is 0.322 e. The lowest BCUT2D eigenvalue weighted by atomic mass is 10.1. The summed E-state index contributed by atoms with van der Waals surface area (Å²) in [5.41, 5.74) is 1.61. The van der Waals surface area contributed by atoms with E-state index in [1.165, 1.54) is 19.3 Å². The van der Waals surface area contributed by atoms with Gasteiger partial charge in [-0.15, -0.1) is 0 Å². The Hall–Kier alpha value is -2.04. The van der Waals surface area contributed by atoms with Gasteiger partial charge in [0.2, 0.25) is 0 Å². The Bertz CT molecular complexity index is 450. The van der Waals surface area contributed by atoms with E-state index >= 15 is 0 Å². The zero-order valence-electron chi connectivity index (χ0n) is 10.8. The molecular weight excluding hydrogens is 244 g/mol. The minimum Gasteiger partial charge on any atom is -0.480 e. The molecule has 5 heteroatoms. The minimum absolute atomic E-state index is 0.354. The van der Waals surface area contributed by atoms with Gasteiger partial charge >= 0.3 is 5.97 Å². The summed E-state index contributed by atoms with van der Waals surface area (Å²) in [7, 11) is 0. The van der Waals surface area contributed by atoms with Crippen LogP contribution in [-0.2, 0) is 4.79 Å². The van der Waals surface area contributed by atoms with E-state index in [2.05, 4.69) is 10.2 Å². The molecule has 0 aliphatic carbocycles. The van der Waals surface area contributed by atoms with E-state index in [-0.39, 0.29) is 12.5 Å². The molecule has 19 heavy (non-hydrogen) atoms. The molecule has 1 amide bonds. The summed E-state index contributed by atoms with van der Waals surface area (Å²) in [5, 5.41) is 10.8. The standard InChI is InChI=1S/C14H18N2O3/c17-13(18)10-15-14(19)11-4-6-12(7-5-11)16-8-2-1-3-9-16/h4-7H,1-3,8-10H2,(H,15,19)(H,17,18). The van der Waals surface area contributed by atoms with E-state index in [0.717, 1.165) is 18.8 Å². The first kappa shape index (κ1) is 13.4. The number of nitrogens with one attached hydrogen (secondary N) is 1. The van der Waals surface area contributed by atoms with Gasteiger partial charge in [0, 0.05) is 24.3 Å². The van der Waals surface area contributed by atoms with Crippen molar-refractivity contribution in [2.45, 2.75) is 19.3 Å². The van der Waals surface area contributed by atoms with E-state index in [0.29, 0.717) is 5.56 Å². The predicted molar refractivity (Wildman–Crippen MR) is 72.5 cm³/mol. The number of carbonyl (C=O) groups is 2. The number of rotatable bonds is 4. The summed E-state index contributed by atoms with van der Waals surface area (Å²) in [5.74, 6) is -1.40. The number of hydrogen-bond acceptors (Lipinski definition) is 3. The quantitative estimate of drug-likeness (QED) is 0.862. The molecular formula is C14H18N2O3. The number of benzene rings is 1. The zero-order valence-corrected chi connectivity index (χ0v) is 10.8. The molecule has 0 radical (unpaired) electrons. The topological polar surface area (TPSA) is 69.6 Å². The van der Waals surface area contributed by atoms with Crippen molar-refractivity contribution >= 4 is 17.6 Å². The highest BCUT2D eigenvalue weighted by Crippen LogP contribution is 2.20. The first-order valence-corrected chi connectivity index (χ1v) is 6.52. The Balaban J connectivity index is 1.97. The van der Waals surface area contributed by atoms with Crippen molar-refractivity contribution in [2.24, 2.45) is 0 Å². The summed E-state index contributed by atoms with van der Waals surface area (Å²) in [6, 6.07) is 7.31. The zero-order chi connectivity index (χ0) is 13.7. The van der Waals surface area contributed by atoms with E-state index in [4.69, 9.17) is 5.11 Å². The maximum Gasteiger partial charge on any atom is 0.322 e. The van der Waals surface area contributed by atoms with Gasteiger partial charge < -0.3 is 15.3 Å². The normalized spacial score (nSPS) is 15.1. The highest BCUT2D eigenvalue weighted by Gasteiger charge is 2.12. The fourth-order valence-electron chi connectivity index (χ4n) is 2.23. The van der Waals surface area contributed by atoms with Crippen molar-refractivity contribution in [3.63, 3.8) is 0 Å². The summed E-state index contributed by atoms with van der Waals surface area (Å²) in [6.45, 7) is 1.77. The van der Waals surface area contributed by atoms with E-state index in [1.807, 2.05) is 12.1 Å². The van der Waals surface area contributed by atoms with Crippen molar-refractivity contribution in [1.82, 2.24) is 5.32 Å². The molecule has 1 heterocycles. The van der Waals surface area contributed by atoms with Crippen LogP contribution in [0.5, 0.6) is 0 Å². The molecule has 0 atom stereocenters. The molecule has 1 aromatic rings. The minimum atomic E-state index is -1.04. The molecule has 1 fully saturated rings. The number of anilines is 1. The fourth-order valence-corrected chi connectivity index (χ4v) is 2.23. The molecule has 1 aliphatic heterocycles. The number of carboxylic acid groups (broad SMARTS) is 1. The molecule has 1 aliphatic rings. The molecule has 1 aromatic carbocycles. The fraction of sp³-hybridized carbons (Fsp3) is 0.429. The van der Waals surface area contributed by atoms with Crippen molar-refractivity contribution in [3.8, 4) is 0 Å². The third-order valence-electron chi connectivity index (χ3n) is 3.25. The van der Waals surface area contributed by atoms with Gasteiger partial charge in [-0.1, -0.05) is 0 Å². The van der Waals surface area contributed by atoms with Crippen LogP contribution in [0.15, 0.2) is 24.3 Å². The Kier molecular flexibility index (Phi) is 4.39. The van der Waals surface area contributed by atoms with Gasteiger partial charge in [0.05, 0.1) is 0 Å². The van der Waals surface area contributed by atoms with Gasteiger partial charge in [0.25, 0.3) is 5.91 Å². The summed E-state index contributed by atoms with van der Waals surface area (Å²) in [6.07, 6.45) is 3.70. The average Bonchev–Trinajstić information content (AvgIpc) is 2.46. The number of carbonyl (C=O) groups excluding carboxylic acids is 1. The maximum absolute atomic E-state index is 11.6. The molecule has 2 N–H and O–H groups in total. The molecule has 1 saturated heterocycles. The number of piperidine rings is 1. The summed E-state index contributed by atoms with van der Waals surface area (Å²) < 4.78 is 0. The first-order chi connectivity index (χ1) is 9.16. The van der Waals surface area contributed by atoms with Crippen LogP contribution in [0.3, 0.4) is 0 Å². The monoisotopic (exact) mass is 262 g/mol. The van der Waals surface area contributed by atoms with Gasteiger partial charge in [-0.2, -0.15) is 0 Å². The van der Waals surface area contributed by atoms with Gasteiger partial charge in [-0.3, -0.25) is 9.59 Å². The molecule has 5 nitrogen and oxygen atoms in total. The maximum atomic E-state index is 11.6. The van der Waals surface area contributed by atoms with Crippen LogP contribution in [0.25, 0.3) is 0 Å². The molecule has 0 saturated carbocycles.